The van der Waals surface area contributed by atoms with Crippen LogP contribution in [0, 0.1) is 0 Å². The molecule has 0 aliphatic carbocycles. The van der Waals surface area contributed by atoms with Crippen molar-refractivity contribution in [3.05, 3.63) is 63.4 Å². The molecule has 6 nitrogen and oxygen atoms in total. The fraction of sp³-hybridized carbons (Fsp3) is 0.0625. The minimum absolute atomic E-state index is 0.0111. The lowest BCUT2D eigenvalue weighted by molar-refractivity contribution is 0.0950. The number of aromatic nitrogens is 1. The average molecular weight is 400 g/mol. The Hall–Kier alpha value is -2.28. The number of anilines is 1. The van der Waals surface area contributed by atoms with Crippen molar-refractivity contribution in [2.24, 2.45) is 5.10 Å². The first-order valence-corrected chi connectivity index (χ1v) is 8.04. The maximum atomic E-state index is 12.1. The van der Waals surface area contributed by atoms with Gasteiger partial charge in [-0.2, -0.15) is 5.10 Å². The molecule has 3 N–H and O–H groups in total. The zero-order chi connectivity index (χ0) is 18.4. The van der Waals surface area contributed by atoms with Crippen LogP contribution in [0.25, 0.3) is 0 Å². The fourth-order valence-electron chi connectivity index (χ4n) is 1.74. The molecule has 1 aromatic carbocycles. The monoisotopic (exact) mass is 398 g/mol. The summed E-state index contributed by atoms with van der Waals surface area (Å²) in [4.78, 5) is 15.9. The molecule has 0 saturated carbocycles. The molecule has 2 aromatic rings. The first kappa shape index (κ1) is 19.1. The predicted molar refractivity (Wildman–Crippen MR) is 101 cm³/mol. The number of hydrogen-bond donors (Lipinski definition) is 2. The van der Waals surface area contributed by atoms with Gasteiger partial charge < -0.3 is 10.5 Å². The number of rotatable bonds is 6. The Morgan fingerprint density at radius 2 is 2.12 bits per heavy atom. The van der Waals surface area contributed by atoms with Crippen molar-refractivity contribution < 1.29 is 9.53 Å². The van der Waals surface area contributed by atoms with Crippen molar-refractivity contribution >= 4 is 52.6 Å². The molecule has 0 saturated heterocycles. The largest absolute Gasteiger partial charge is 0.490 e. The first-order valence-electron chi connectivity index (χ1n) is 6.91. The lowest BCUT2D eigenvalue weighted by atomic mass is 10.2. The first-order chi connectivity index (χ1) is 11.9. The number of benzene rings is 1. The molecule has 1 amide bonds. The van der Waals surface area contributed by atoms with Crippen molar-refractivity contribution in [2.75, 3.05) is 12.3 Å². The highest BCUT2D eigenvalue weighted by atomic mass is 35.5. The Morgan fingerprint density at radius 1 is 1.36 bits per heavy atom. The van der Waals surface area contributed by atoms with E-state index in [0.29, 0.717) is 12.4 Å². The SMILES string of the molecule is C=CCOc1cccc(/C=N/NC(=O)c2nc(Cl)c(Cl)c(N)c2Cl)c1. The average Bonchev–Trinajstić information content (AvgIpc) is 2.61. The predicted octanol–water partition coefficient (Wildman–Crippen LogP) is 3.95. The van der Waals surface area contributed by atoms with Gasteiger partial charge in [0.25, 0.3) is 5.91 Å². The van der Waals surface area contributed by atoms with Gasteiger partial charge in [0.05, 0.1) is 16.9 Å². The van der Waals surface area contributed by atoms with Gasteiger partial charge in [-0.3, -0.25) is 4.79 Å². The summed E-state index contributed by atoms with van der Waals surface area (Å²) in [5.74, 6) is -0.0253. The number of carbonyl (C=O) groups is 1. The summed E-state index contributed by atoms with van der Waals surface area (Å²) in [5, 5.41) is 3.62. The molecule has 0 unspecified atom stereocenters. The number of hydrogen-bond acceptors (Lipinski definition) is 5. The van der Waals surface area contributed by atoms with Crippen LogP contribution < -0.4 is 15.9 Å². The van der Waals surface area contributed by atoms with Crippen LogP contribution >= 0.6 is 34.8 Å². The van der Waals surface area contributed by atoms with E-state index in [1.165, 1.54) is 6.21 Å². The van der Waals surface area contributed by atoms with Gasteiger partial charge in [-0.25, -0.2) is 10.4 Å². The molecule has 0 radical (unpaired) electrons. The van der Waals surface area contributed by atoms with E-state index in [9.17, 15) is 4.79 Å². The minimum atomic E-state index is -0.675. The maximum absolute atomic E-state index is 12.1. The molecule has 0 spiro atoms. The van der Waals surface area contributed by atoms with Crippen LogP contribution in [0.1, 0.15) is 16.1 Å². The van der Waals surface area contributed by atoms with E-state index in [4.69, 9.17) is 45.3 Å². The highest BCUT2D eigenvalue weighted by molar-refractivity contribution is 6.46. The second kappa shape index (κ2) is 8.71. The summed E-state index contributed by atoms with van der Waals surface area (Å²) in [6, 6.07) is 7.13. The normalized spacial score (nSPS) is 10.7. The van der Waals surface area contributed by atoms with Gasteiger partial charge in [-0.15, -0.1) is 0 Å². The third-order valence-electron chi connectivity index (χ3n) is 2.89. The number of nitrogens with zero attached hydrogens (tertiary/aromatic N) is 2. The number of nitrogen functional groups attached to an aromatic ring is 1. The smallest absolute Gasteiger partial charge is 0.291 e. The zero-order valence-corrected chi connectivity index (χ0v) is 15.1. The molecule has 0 atom stereocenters. The molecule has 130 valence electrons. The quantitative estimate of drug-likeness (QED) is 0.333. The number of amides is 1. The Morgan fingerprint density at radius 3 is 2.84 bits per heavy atom. The van der Waals surface area contributed by atoms with E-state index in [1.54, 1.807) is 30.3 Å². The van der Waals surface area contributed by atoms with Crippen molar-refractivity contribution in [3.63, 3.8) is 0 Å². The molecule has 25 heavy (non-hydrogen) atoms. The van der Waals surface area contributed by atoms with E-state index in [0.717, 1.165) is 5.56 Å². The number of halogens is 3. The number of carbonyl (C=O) groups excluding carboxylic acids is 1. The third-order valence-corrected chi connectivity index (χ3v) is 4.03. The summed E-state index contributed by atoms with van der Waals surface area (Å²) in [7, 11) is 0. The molecular weight excluding hydrogens is 387 g/mol. The van der Waals surface area contributed by atoms with E-state index >= 15 is 0 Å². The standard InChI is InChI=1S/C16H13Cl3N4O2/c1-2-6-25-10-5-3-4-9(7-10)8-21-23-16(24)14-11(17)13(20)12(18)15(19)22-14/h2-5,7-8H,1,6H2,(H2,20,22)(H,23,24)/b21-8+. The van der Waals surface area contributed by atoms with Crippen LogP contribution in [0.3, 0.4) is 0 Å². The Labute approximate surface area is 159 Å². The highest BCUT2D eigenvalue weighted by Gasteiger charge is 2.19. The van der Waals surface area contributed by atoms with E-state index in [1.807, 2.05) is 0 Å². The van der Waals surface area contributed by atoms with Crippen LogP contribution in [-0.2, 0) is 0 Å². The van der Waals surface area contributed by atoms with Gasteiger partial charge in [0.15, 0.2) is 10.8 Å². The fourth-order valence-corrected chi connectivity index (χ4v) is 2.33. The number of ether oxygens (including phenoxy) is 1. The molecule has 2 rings (SSSR count). The van der Waals surface area contributed by atoms with E-state index < -0.39 is 5.91 Å². The number of hydrazone groups is 1. The van der Waals surface area contributed by atoms with Gasteiger partial charge in [-0.05, 0) is 17.7 Å². The molecule has 0 aliphatic heterocycles. The van der Waals surface area contributed by atoms with Crippen LogP contribution in [0.2, 0.25) is 15.2 Å². The topological polar surface area (TPSA) is 89.6 Å². The van der Waals surface area contributed by atoms with E-state index in [2.05, 4.69) is 22.1 Å². The van der Waals surface area contributed by atoms with Gasteiger partial charge in [-0.1, -0.05) is 59.6 Å². The molecule has 0 fully saturated rings. The molecule has 1 aromatic heterocycles. The summed E-state index contributed by atoms with van der Waals surface area (Å²) >= 11 is 17.6. The maximum Gasteiger partial charge on any atom is 0.291 e. The molecule has 1 heterocycles. The Balaban J connectivity index is 2.10. The van der Waals surface area contributed by atoms with Gasteiger partial charge in [0.2, 0.25) is 0 Å². The van der Waals surface area contributed by atoms with Crippen molar-refractivity contribution in [2.45, 2.75) is 0 Å². The van der Waals surface area contributed by atoms with Gasteiger partial charge >= 0.3 is 0 Å². The van der Waals surface area contributed by atoms with Crippen LogP contribution in [0.5, 0.6) is 5.75 Å². The number of nitrogens with two attached hydrogens (primary N) is 1. The summed E-state index contributed by atoms with van der Waals surface area (Å²) in [6.45, 7) is 3.97. The number of nitrogens with one attached hydrogen (secondary N) is 1. The lowest BCUT2D eigenvalue weighted by Gasteiger charge is -2.07. The van der Waals surface area contributed by atoms with Crippen LogP contribution in [-0.4, -0.2) is 23.7 Å². The van der Waals surface area contributed by atoms with Gasteiger partial charge in [0.1, 0.15) is 17.4 Å². The highest BCUT2D eigenvalue weighted by Crippen LogP contribution is 2.34. The summed E-state index contributed by atoms with van der Waals surface area (Å²) < 4.78 is 5.41. The van der Waals surface area contributed by atoms with E-state index in [-0.39, 0.29) is 26.6 Å². The summed E-state index contributed by atoms with van der Waals surface area (Å²) in [5.41, 5.74) is 8.49. The van der Waals surface area contributed by atoms with Crippen molar-refractivity contribution in [1.82, 2.24) is 10.4 Å². The zero-order valence-electron chi connectivity index (χ0n) is 12.8. The lowest BCUT2D eigenvalue weighted by Crippen LogP contribution is -2.20. The Bertz CT molecular complexity index is 840. The minimum Gasteiger partial charge on any atom is -0.490 e. The number of pyridine rings is 1. The van der Waals surface area contributed by atoms with Crippen LogP contribution in [0.4, 0.5) is 5.69 Å². The molecule has 0 bridgehead atoms. The second-order valence-electron chi connectivity index (χ2n) is 4.66. The second-order valence-corrected chi connectivity index (χ2v) is 5.78. The third kappa shape index (κ3) is 4.85. The van der Waals surface area contributed by atoms with Crippen molar-refractivity contribution in [1.29, 1.82) is 0 Å². The molecule has 0 aliphatic rings. The van der Waals surface area contributed by atoms with Crippen molar-refractivity contribution in [3.8, 4) is 5.75 Å². The molecular formula is C16H13Cl3N4O2. The summed E-state index contributed by atoms with van der Waals surface area (Å²) in [6.07, 6.45) is 3.08. The van der Waals surface area contributed by atoms with Crippen LogP contribution in [0.15, 0.2) is 42.0 Å². The Kier molecular flexibility index (Phi) is 6.64. The van der Waals surface area contributed by atoms with Gasteiger partial charge in [0, 0.05) is 0 Å². The molecule has 9 heteroatoms.